The van der Waals surface area contributed by atoms with Crippen LogP contribution in [0.1, 0.15) is 23.2 Å². The molecule has 0 saturated carbocycles. The summed E-state index contributed by atoms with van der Waals surface area (Å²) in [5, 5.41) is 11.8. The van der Waals surface area contributed by atoms with Crippen LogP contribution < -0.4 is 16.8 Å². The van der Waals surface area contributed by atoms with E-state index in [1.807, 2.05) is 0 Å². The Kier molecular flexibility index (Phi) is 4.33. The van der Waals surface area contributed by atoms with Gasteiger partial charge in [-0.25, -0.2) is 4.79 Å². The van der Waals surface area contributed by atoms with E-state index in [4.69, 9.17) is 16.6 Å². The highest BCUT2D eigenvalue weighted by Crippen LogP contribution is 2.19. The number of carboxylic acids is 1. The fourth-order valence-electron chi connectivity index (χ4n) is 1.34. The van der Waals surface area contributed by atoms with E-state index in [0.717, 1.165) is 0 Å². The van der Waals surface area contributed by atoms with E-state index >= 15 is 0 Å². The maximum Gasteiger partial charge on any atom is 0.335 e. The van der Waals surface area contributed by atoms with E-state index in [-0.39, 0.29) is 11.5 Å². The Morgan fingerprint density at radius 1 is 1.35 bits per heavy atom. The van der Waals surface area contributed by atoms with Gasteiger partial charge in [0.25, 0.3) is 0 Å². The molecule has 0 aliphatic carbocycles. The summed E-state index contributed by atoms with van der Waals surface area (Å²) in [5.41, 5.74) is 11.8. The lowest BCUT2D eigenvalue weighted by atomic mass is 10.1. The number of hydrogen-bond acceptors (Lipinski definition) is 4. The quantitative estimate of drug-likeness (QED) is 0.427. The lowest BCUT2D eigenvalue weighted by molar-refractivity contribution is -0.118. The molecule has 0 saturated heterocycles. The third kappa shape index (κ3) is 4.02. The van der Waals surface area contributed by atoms with Crippen molar-refractivity contribution in [3.8, 4) is 0 Å². The zero-order valence-electron chi connectivity index (χ0n) is 9.27. The zero-order valence-corrected chi connectivity index (χ0v) is 9.27. The molecule has 17 heavy (non-hydrogen) atoms. The number of benzene rings is 1. The summed E-state index contributed by atoms with van der Waals surface area (Å²) in [6.45, 7) is 0.555. The molecule has 1 rings (SSSR count). The Balaban J connectivity index is 2.54. The van der Waals surface area contributed by atoms with Crippen molar-refractivity contribution >= 4 is 23.3 Å². The van der Waals surface area contributed by atoms with Gasteiger partial charge >= 0.3 is 5.97 Å². The van der Waals surface area contributed by atoms with Gasteiger partial charge in [-0.05, 0) is 24.6 Å². The van der Waals surface area contributed by atoms with Gasteiger partial charge in [0.2, 0.25) is 5.91 Å². The van der Waals surface area contributed by atoms with Crippen LogP contribution >= 0.6 is 0 Å². The first-order chi connectivity index (χ1) is 8.00. The monoisotopic (exact) mass is 237 g/mol. The number of amides is 1. The Labute approximate surface area is 98.6 Å². The van der Waals surface area contributed by atoms with Gasteiger partial charge in [0, 0.05) is 13.0 Å². The van der Waals surface area contributed by atoms with Crippen LogP contribution in [-0.2, 0) is 4.79 Å². The Bertz CT molecular complexity index is 432. The molecule has 0 heterocycles. The normalized spacial score (nSPS) is 9.88. The molecule has 0 atom stereocenters. The van der Waals surface area contributed by atoms with Crippen LogP contribution in [-0.4, -0.2) is 23.5 Å². The smallest absolute Gasteiger partial charge is 0.335 e. The molecule has 0 aromatic heterocycles. The van der Waals surface area contributed by atoms with Crippen molar-refractivity contribution in [3.63, 3.8) is 0 Å². The summed E-state index contributed by atoms with van der Waals surface area (Å²) in [7, 11) is 0. The van der Waals surface area contributed by atoms with Crippen LogP contribution in [0.15, 0.2) is 18.2 Å². The van der Waals surface area contributed by atoms with Crippen molar-refractivity contribution in [1.82, 2.24) is 0 Å². The number of anilines is 2. The maximum atomic E-state index is 10.7. The molecule has 6 nitrogen and oxygen atoms in total. The second-order valence-corrected chi connectivity index (χ2v) is 3.60. The fourth-order valence-corrected chi connectivity index (χ4v) is 1.34. The Hall–Kier alpha value is -2.24. The summed E-state index contributed by atoms with van der Waals surface area (Å²) in [5.74, 6) is -1.36. The lowest BCUT2D eigenvalue weighted by Crippen LogP contribution is -2.13. The van der Waals surface area contributed by atoms with Crippen molar-refractivity contribution in [2.75, 3.05) is 17.6 Å². The van der Waals surface area contributed by atoms with Gasteiger partial charge in [0.1, 0.15) is 0 Å². The molecule has 0 aliphatic rings. The van der Waals surface area contributed by atoms with Crippen LogP contribution in [0.25, 0.3) is 0 Å². The van der Waals surface area contributed by atoms with E-state index in [9.17, 15) is 9.59 Å². The molecule has 0 bridgehead atoms. The standard InChI is InChI=1S/C11H15N3O3/c12-8-6-7(11(16)17)3-4-9(8)14-5-1-2-10(13)15/h3-4,6,14H,1-2,5,12H2,(H2,13,15)(H,16,17). The fraction of sp³-hybridized carbons (Fsp3) is 0.273. The van der Waals surface area contributed by atoms with Crippen LogP contribution in [0.3, 0.4) is 0 Å². The van der Waals surface area contributed by atoms with Gasteiger partial charge in [-0.2, -0.15) is 0 Å². The molecule has 6 N–H and O–H groups in total. The number of nitrogens with two attached hydrogens (primary N) is 2. The topological polar surface area (TPSA) is 118 Å². The first-order valence-electron chi connectivity index (χ1n) is 5.15. The van der Waals surface area contributed by atoms with Crippen molar-refractivity contribution in [1.29, 1.82) is 0 Å². The van der Waals surface area contributed by atoms with E-state index in [1.165, 1.54) is 12.1 Å². The average Bonchev–Trinajstić information content (AvgIpc) is 2.25. The number of carbonyl (C=O) groups excluding carboxylic acids is 1. The second kappa shape index (κ2) is 5.74. The van der Waals surface area contributed by atoms with Crippen molar-refractivity contribution in [2.24, 2.45) is 5.73 Å². The third-order valence-corrected chi connectivity index (χ3v) is 2.21. The van der Waals surface area contributed by atoms with Gasteiger partial charge in [-0.3, -0.25) is 4.79 Å². The number of nitrogens with one attached hydrogen (secondary N) is 1. The summed E-state index contributed by atoms with van der Waals surface area (Å²) < 4.78 is 0. The van der Waals surface area contributed by atoms with E-state index in [2.05, 4.69) is 5.32 Å². The molecule has 0 aliphatic heterocycles. The van der Waals surface area contributed by atoms with Crippen molar-refractivity contribution in [3.05, 3.63) is 23.8 Å². The molecule has 1 aromatic rings. The van der Waals surface area contributed by atoms with Crippen molar-refractivity contribution in [2.45, 2.75) is 12.8 Å². The number of nitrogen functional groups attached to an aromatic ring is 1. The molecule has 0 radical (unpaired) electrons. The predicted octanol–water partition coefficient (Wildman–Crippen LogP) is 0.644. The van der Waals surface area contributed by atoms with E-state index < -0.39 is 5.97 Å². The summed E-state index contributed by atoms with van der Waals surface area (Å²) in [4.78, 5) is 21.2. The van der Waals surface area contributed by atoms with Crippen LogP contribution in [0, 0.1) is 0 Å². The lowest BCUT2D eigenvalue weighted by Gasteiger charge is -2.09. The van der Waals surface area contributed by atoms with Gasteiger partial charge in [0.15, 0.2) is 0 Å². The number of primary amides is 1. The number of aromatic carboxylic acids is 1. The number of rotatable bonds is 6. The predicted molar refractivity (Wildman–Crippen MR) is 64.7 cm³/mol. The summed E-state index contributed by atoms with van der Waals surface area (Å²) in [6.07, 6.45) is 0.912. The average molecular weight is 237 g/mol. The number of carbonyl (C=O) groups is 2. The number of carboxylic acid groups (broad SMARTS) is 1. The third-order valence-electron chi connectivity index (χ3n) is 2.21. The van der Waals surface area contributed by atoms with Crippen LogP contribution in [0.4, 0.5) is 11.4 Å². The molecular formula is C11H15N3O3. The van der Waals surface area contributed by atoms with Gasteiger partial charge in [0.05, 0.1) is 16.9 Å². The number of hydrogen-bond donors (Lipinski definition) is 4. The molecule has 1 aromatic carbocycles. The SMILES string of the molecule is NC(=O)CCCNc1ccc(C(=O)O)cc1N. The molecule has 92 valence electrons. The first-order valence-corrected chi connectivity index (χ1v) is 5.15. The molecule has 1 amide bonds. The zero-order chi connectivity index (χ0) is 12.8. The van der Waals surface area contributed by atoms with Gasteiger partial charge in [-0.15, -0.1) is 0 Å². The highest BCUT2D eigenvalue weighted by atomic mass is 16.4. The molecule has 0 fully saturated rings. The Morgan fingerprint density at radius 3 is 2.59 bits per heavy atom. The highest BCUT2D eigenvalue weighted by molar-refractivity contribution is 5.90. The van der Waals surface area contributed by atoms with E-state index in [1.54, 1.807) is 6.07 Å². The largest absolute Gasteiger partial charge is 0.478 e. The molecule has 6 heteroatoms. The summed E-state index contributed by atoms with van der Waals surface area (Å²) >= 11 is 0. The minimum atomic E-state index is -1.02. The highest BCUT2D eigenvalue weighted by Gasteiger charge is 2.05. The van der Waals surface area contributed by atoms with Crippen LogP contribution in [0.2, 0.25) is 0 Å². The van der Waals surface area contributed by atoms with Gasteiger partial charge < -0.3 is 21.9 Å². The first kappa shape index (κ1) is 12.8. The van der Waals surface area contributed by atoms with Gasteiger partial charge in [-0.1, -0.05) is 0 Å². The molecule has 0 spiro atoms. The molecular weight excluding hydrogens is 222 g/mol. The summed E-state index contributed by atoms with van der Waals surface area (Å²) in [6, 6.07) is 4.46. The maximum absolute atomic E-state index is 10.7. The second-order valence-electron chi connectivity index (χ2n) is 3.60. The minimum Gasteiger partial charge on any atom is -0.478 e. The van der Waals surface area contributed by atoms with Crippen molar-refractivity contribution < 1.29 is 14.7 Å². The molecule has 0 unspecified atom stereocenters. The minimum absolute atomic E-state index is 0.144. The van der Waals surface area contributed by atoms with E-state index in [0.29, 0.717) is 30.8 Å². The Morgan fingerprint density at radius 2 is 2.06 bits per heavy atom. The van der Waals surface area contributed by atoms with Crippen LogP contribution in [0.5, 0.6) is 0 Å².